The predicted octanol–water partition coefficient (Wildman–Crippen LogP) is 1.97. The molecule has 0 aromatic rings. The first-order valence-electron chi connectivity index (χ1n) is 7.59. The van der Waals surface area contributed by atoms with Crippen LogP contribution in [0, 0.1) is 0 Å². The zero-order chi connectivity index (χ0) is 15.6. The van der Waals surface area contributed by atoms with Crippen molar-refractivity contribution in [2.75, 3.05) is 33.4 Å². The van der Waals surface area contributed by atoms with Gasteiger partial charge < -0.3 is 14.7 Å². The summed E-state index contributed by atoms with van der Waals surface area (Å²) in [6.45, 7) is 11.1. The van der Waals surface area contributed by atoms with Crippen LogP contribution in [0.4, 0.5) is 0 Å². The molecule has 0 heterocycles. The average Bonchev–Trinajstić information content (AvgIpc) is 2.34. The summed E-state index contributed by atoms with van der Waals surface area (Å²) >= 11 is 0. The van der Waals surface area contributed by atoms with Gasteiger partial charge in [0.15, 0.2) is 0 Å². The lowest BCUT2D eigenvalue weighted by Gasteiger charge is -2.29. The molecule has 0 aliphatic rings. The molecule has 0 saturated carbocycles. The van der Waals surface area contributed by atoms with E-state index in [9.17, 15) is 9.90 Å². The molecule has 0 fully saturated rings. The van der Waals surface area contributed by atoms with E-state index in [2.05, 4.69) is 17.3 Å². The van der Waals surface area contributed by atoms with Gasteiger partial charge in [0.2, 0.25) is 0 Å². The van der Waals surface area contributed by atoms with Crippen molar-refractivity contribution in [2.24, 2.45) is 0 Å². The summed E-state index contributed by atoms with van der Waals surface area (Å²) in [5.41, 5.74) is -0.821. The van der Waals surface area contributed by atoms with Crippen molar-refractivity contribution in [3.05, 3.63) is 0 Å². The predicted molar refractivity (Wildman–Crippen MR) is 82.2 cm³/mol. The van der Waals surface area contributed by atoms with Gasteiger partial charge in [0.25, 0.3) is 0 Å². The van der Waals surface area contributed by atoms with Crippen LogP contribution < -0.4 is 5.32 Å². The van der Waals surface area contributed by atoms with Gasteiger partial charge in [0, 0.05) is 19.2 Å². The Morgan fingerprint density at radius 1 is 1.35 bits per heavy atom. The minimum atomic E-state index is -0.821. The summed E-state index contributed by atoms with van der Waals surface area (Å²) in [6.07, 6.45) is 2.56. The Kier molecular flexibility index (Phi) is 9.80. The molecule has 0 bridgehead atoms. The lowest BCUT2D eigenvalue weighted by Crippen LogP contribution is -2.52. The van der Waals surface area contributed by atoms with Gasteiger partial charge in [-0.3, -0.25) is 10.1 Å². The Hall–Kier alpha value is -0.650. The number of ether oxygens (including phenoxy) is 1. The third-order valence-corrected chi connectivity index (χ3v) is 3.37. The van der Waals surface area contributed by atoms with E-state index >= 15 is 0 Å². The molecule has 0 amide bonds. The van der Waals surface area contributed by atoms with Gasteiger partial charge in [0.1, 0.15) is 5.54 Å². The largest absolute Gasteiger partial charge is 0.480 e. The second-order valence-corrected chi connectivity index (χ2v) is 5.89. The van der Waals surface area contributed by atoms with Crippen molar-refractivity contribution in [3.63, 3.8) is 0 Å². The number of nitrogens with one attached hydrogen (secondary N) is 1. The van der Waals surface area contributed by atoms with E-state index in [4.69, 9.17) is 4.74 Å². The van der Waals surface area contributed by atoms with Crippen LogP contribution in [0.15, 0.2) is 0 Å². The fourth-order valence-corrected chi connectivity index (χ4v) is 2.21. The molecule has 1 atom stereocenters. The Bertz CT molecular complexity index is 272. The quantitative estimate of drug-likeness (QED) is 0.538. The molecule has 0 aromatic carbocycles. The van der Waals surface area contributed by atoms with Gasteiger partial charge in [0.05, 0.1) is 6.61 Å². The fourth-order valence-electron chi connectivity index (χ4n) is 2.21. The molecule has 5 heteroatoms. The van der Waals surface area contributed by atoms with Crippen LogP contribution in [-0.2, 0) is 9.53 Å². The smallest absolute Gasteiger partial charge is 0.323 e. The Morgan fingerprint density at radius 2 is 2.00 bits per heavy atom. The zero-order valence-corrected chi connectivity index (χ0v) is 13.7. The number of carbonyl (C=O) groups is 1. The van der Waals surface area contributed by atoms with Crippen molar-refractivity contribution in [3.8, 4) is 0 Å². The monoisotopic (exact) mass is 288 g/mol. The van der Waals surface area contributed by atoms with Crippen molar-refractivity contribution < 1.29 is 14.6 Å². The summed E-state index contributed by atoms with van der Waals surface area (Å²) in [4.78, 5) is 13.6. The van der Waals surface area contributed by atoms with Crippen molar-refractivity contribution in [2.45, 2.75) is 58.5 Å². The van der Waals surface area contributed by atoms with E-state index in [1.165, 1.54) is 0 Å². The molecule has 5 nitrogen and oxygen atoms in total. The molecule has 2 N–H and O–H groups in total. The molecule has 120 valence electrons. The van der Waals surface area contributed by atoms with Gasteiger partial charge in [-0.2, -0.15) is 0 Å². The second kappa shape index (κ2) is 10.1. The highest BCUT2D eigenvalue weighted by Gasteiger charge is 2.32. The molecule has 0 aromatic heterocycles. The number of hydrogen-bond acceptors (Lipinski definition) is 4. The molecule has 0 aliphatic heterocycles. The Labute approximate surface area is 123 Å². The van der Waals surface area contributed by atoms with Crippen molar-refractivity contribution in [1.29, 1.82) is 0 Å². The van der Waals surface area contributed by atoms with E-state index in [1.807, 2.05) is 20.8 Å². The van der Waals surface area contributed by atoms with Crippen LogP contribution >= 0.6 is 0 Å². The third-order valence-electron chi connectivity index (χ3n) is 3.37. The summed E-state index contributed by atoms with van der Waals surface area (Å²) in [5.74, 6) is -0.768. The number of rotatable bonds is 12. The topological polar surface area (TPSA) is 61.8 Å². The van der Waals surface area contributed by atoms with E-state index in [0.717, 1.165) is 39.1 Å². The standard InChI is InChI=1S/C15H32N2O3/c1-6-20-12-11-17(5)10-8-7-9-15(4,14(18)19)16-13(2)3/h13,16H,6-12H2,1-5H3,(H,18,19). The molecule has 0 radical (unpaired) electrons. The summed E-state index contributed by atoms with van der Waals surface area (Å²) in [6, 6.07) is 0.171. The fraction of sp³-hybridized carbons (Fsp3) is 0.933. The lowest BCUT2D eigenvalue weighted by atomic mass is 9.94. The first-order chi connectivity index (χ1) is 9.31. The normalized spacial score (nSPS) is 14.8. The maximum absolute atomic E-state index is 11.4. The van der Waals surface area contributed by atoms with Gasteiger partial charge >= 0.3 is 5.97 Å². The zero-order valence-electron chi connectivity index (χ0n) is 13.7. The molecule has 0 rings (SSSR count). The van der Waals surface area contributed by atoms with E-state index in [0.29, 0.717) is 6.42 Å². The second-order valence-electron chi connectivity index (χ2n) is 5.89. The SMILES string of the molecule is CCOCCN(C)CCCCC(C)(NC(C)C)C(=O)O. The lowest BCUT2D eigenvalue weighted by molar-refractivity contribution is -0.144. The highest BCUT2D eigenvalue weighted by atomic mass is 16.5. The first kappa shape index (κ1) is 19.4. The third kappa shape index (κ3) is 8.51. The van der Waals surface area contributed by atoms with Crippen LogP contribution in [0.3, 0.4) is 0 Å². The number of carboxylic acids is 1. The Balaban J connectivity index is 3.92. The molecule has 0 aliphatic carbocycles. The van der Waals surface area contributed by atoms with Gasteiger partial charge in [-0.1, -0.05) is 0 Å². The van der Waals surface area contributed by atoms with Gasteiger partial charge in [-0.25, -0.2) is 0 Å². The minimum absolute atomic E-state index is 0.171. The van der Waals surface area contributed by atoms with E-state index in [-0.39, 0.29) is 6.04 Å². The summed E-state index contributed by atoms with van der Waals surface area (Å²) < 4.78 is 5.31. The highest BCUT2D eigenvalue weighted by Crippen LogP contribution is 2.15. The number of unbranched alkanes of at least 4 members (excludes halogenated alkanes) is 1. The van der Waals surface area contributed by atoms with Gasteiger partial charge in [-0.05, 0) is 60.5 Å². The summed E-state index contributed by atoms with van der Waals surface area (Å²) in [7, 11) is 2.07. The molecule has 0 spiro atoms. The highest BCUT2D eigenvalue weighted by molar-refractivity contribution is 5.78. The van der Waals surface area contributed by atoms with E-state index < -0.39 is 11.5 Å². The average molecular weight is 288 g/mol. The van der Waals surface area contributed by atoms with Crippen LogP contribution in [0.5, 0.6) is 0 Å². The van der Waals surface area contributed by atoms with Crippen molar-refractivity contribution >= 4 is 5.97 Å². The minimum Gasteiger partial charge on any atom is -0.480 e. The number of likely N-dealkylation sites (N-methyl/N-ethyl adjacent to an activating group) is 1. The summed E-state index contributed by atoms with van der Waals surface area (Å²) in [5, 5.41) is 12.5. The molecule has 0 saturated heterocycles. The van der Waals surface area contributed by atoms with Crippen LogP contribution in [-0.4, -0.2) is 60.9 Å². The Morgan fingerprint density at radius 3 is 2.50 bits per heavy atom. The van der Waals surface area contributed by atoms with Crippen LogP contribution in [0.1, 0.15) is 47.0 Å². The van der Waals surface area contributed by atoms with Gasteiger partial charge in [-0.15, -0.1) is 0 Å². The number of aliphatic carboxylic acids is 1. The van der Waals surface area contributed by atoms with Crippen LogP contribution in [0.2, 0.25) is 0 Å². The maximum Gasteiger partial charge on any atom is 0.323 e. The molecule has 20 heavy (non-hydrogen) atoms. The first-order valence-corrected chi connectivity index (χ1v) is 7.59. The number of hydrogen-bond donors (Lipinski definition) is 2. The van der Waals surface area contributed by atoms with Crippen LogP contribution in [0.25, 0.3) is 0 Å². The molecule has 1 unspecified atom stereocenters. The van der Waals surface area contributed by atoms with Crippen molar-refractivity contribution in [1.82, 2.24) is 10.2 Å². The molecular weight excluding hydrogens is 256 g/mol. The van der Waals surface area contributed by atoms with E-state index in [1.54, 1.807) is 6.92 Å². The number of nitrogens with zero attached hydrogens (tertiary/aromatic N) is 1. The number of carboxylic acid groups (broad SMARTS) is 1. The molecular formula is C15H32N2O3. The maximum atomic E-state index is 11.4.